The minimum atomic E-state index is -0.575. The number of rotatable bonds is 8. The van der Waals surface area contributed by atoms with Gasteiger partial charge in [0.1, 0.15) is 5.75 Å². The number of hydrogen-bond donors (Lipinski definition) is 1. The van der Waals surface area contributed by atoms with Gasteiger partial charge in [-0.25, -0.2) is 0 Å². The van der Waals surface area contributed by atoms with E-state index in [4.69, 9.17) is 32.4 Å². The average molecular weight is 452 g/mol. The largest absolute Gasteiger partial charge is 0.455 e. The van der Waals surface area contributed by atoms with Gasteiger partial charge in [-0.3, -0.25) is 9.59 Å². The van der Waals surface area contributed by atoms with Crippen molar-refractivity contribution in [2.24, 2.45) is 0 Å². The zero-order valence-corrected chi connectivity index (χ0v) is 17.3. The van der Waals surface area contributed by atoms with Crippen LogP contribution in [0.25, 0.3) is 11.5 Å². The summed E-state index contributed by atoms with van der Waals surface area (Å²) in [7, 11) is 0. The van der Waals surface area contributed by atoms with Crippen LogP contribution in [0.4, 0.5) is 0 Å². The summed E-state index contributed by atoms with van der Waals surface area (Å²) in [6.45, 7) is -0.135. The molecule has 0 fully saturated rings. The number of ether oxygens (including phenoxy) is 1. The third-order valence-electron chi connectivity index (χ3n) is 3.61. The fourth-order valence-electron chi connectivity index (χ4n) is 2.17. The summed E-state index contributed by atoms with van der Waals surface area (Å²) in [6, 6.07) is 14.1. The number of amides is 1. The first-order valence-electron chi connectivity index (χ1n) is 8.39. The SMILES string of the molecule is O=C(COC(=O)CSc1nnc(-c2ccc(Cl)cc2)o1)NCc1ccccc1Cl. The van der Waals surface area contributed by atoms with Gasteiger partial charge in [0.2, 0.25) is 5.89 Å². The van der Waals surface area contributed by atoms with E-state index >= 15 is 0 Å². The van der Waals surface area contributed by atoms with E-state index in [1.54, 1.807) is 42.5 Å². The van der Waals surface area contributed by atoms with Crippen molar-refractivity contribution in [2.75, 3.05) is 12.4 Å². The van der Waals surface area contributed by atoms with Gasteiger partial charge in [0.15, 0.2) is 6.61 Å². The standard InChI is InChI=1S/C19H15Cl2N3O4S/c20-14-7-5-12(6-8-14)18-23-24-19(28-18)29-11-17(26)27-10-16(25)22-9-13-3-1-2-4-15(13)21/h1-8H,9-11H2,(H,22,25). The van der Waals surface area contributed by atoms with Gasteiger partial charge in [-0.2, -0.15) is 0 Å². The molecule has 0 radical (unpaired) electrons. The molecule has 150 valence electrons. The maximum absolute atomic E-state index is 11.8. The molecule has 29 heavy (non-hydrogen) atoms. The molecule has 0 aliphatic rings. The van der Waals surface area contributed by atoms with E-state index in [0.29, 0.717) is 21.5 Å². The van der Waals surface area contributed by atoms with Crippen LogP contribution in [0.3, 0.4) is 0 Å². The zero-order valence-electron chi connectivity index (χ0n) is 14.9. The topological polar surface area (TPSA) is 94.3 Å². The zero-order chi connectivity index (χ0) is 20.6. The quantitative estimate of drug-likeness (QED) is 0.408. The van der Waals surface area contributed by atoms with Crippen LogP contribution in [0.5, 0.6) is 0 Å². The Kier molecular flexibility index (Phi) is 7.51. The molecule has 0 saturated carbocycles. The lowest BCUT2D eigenvalue weighted by Gasteiger charge is -2.07. The van der Waals surface area contributed by atoms with Crippen molar-refractivity contribution >= 4 is 46.8 Å². The highest BCUT2D eigenvalue weighted by Crippen LogP contribution is 2.24. The highest BCUT2D eigenvalue weighted by Gasteiger charge is 2.13. The van der Waals surface area contributed by atoms with Crippen molar-refractivity contribution in [2.45, 2.75) is 11.8 Å². The van der Waals surface area contributed by atoms with Gasteiger partial charge in [-0.1, -0.05) is 53.2 Å². The summed E-state index contributed by atoms with van der Waals surface area (Å²) in [5, 5.41) is 11.8. The van der Waals surface area contributed by atoms with Crippen LogP contribution in [0.2, 0.25) is 10.0 Å². The Balaban J connectivity index is 1.39. The van der Waals surface area contributed by atoms with E-state index < -0.39 is 11.9 Å². The van der Waals surface area contributed by atoms with Gasteiger partial charge in [-0.15, -0.1) is 10.2 Å². The van der Waals surface area contributed by atoms with Crippen LogP contribution in [-0.2, 0) is 20.9 Å². The van der Waals surface area contributed by atoms with E-state index in [-0.39, 0.29) is 24.1 Å². The summed E-state index contributed by atoms with van der Waals surface area (Å²) in [6.07, 6.45) is 0. The van der Waals surface area contributed by atoms with Crippen molar-refractivity contribution in [1.29, 1.82) is 0 Å². The monoisotopic (exact) mass is 451 g/mol. The number of carbonyl (C=O) groups is 2. The maximum Gasteiger partial charge on any atom is 0.316 e. The molecule has 0 aliphatic heterocycles. The number of esters is 1. The molecule has 7 nitrogen and oxygen atoms in total. The van der Waals surface area contributed by atoms with Crippen LogP contribution >= 0.6 is 35.0 Å². The lowest BCUT2D eigenvalue weighted by molar-refractivity contribution is -0.145. The predicted molar refractivity (Wildman–Crippen MR) is 110 cm³/mol. The second-order valence-corrected chi connectivity index (χ2v) is 7.47. The maximum atomic E-state index is 11.8. The van der Waals surface area contributed by atoms with Crippen molar-refractivity contribution in [3.05, 3.63) is 64.1 Å². The Morgan fingerprint density at radius 3 is 2.59 bits per heavy atom. The second-order valence-electron chi connectivity index (χ2n) is 5.70. The Morgan fingerprint density at radius 1 is 1.07 bits per heavy atom. The molecule has 0 spiro atoms. The molecule has 10 heteroatoms. The number of halogens is 2. The van der Waals surface area contributed by atoms with Crippen molar-refractivity contribution in [1.82, 2.24) is 15.5 Å². The molecule has 2 aromatic carbocycles. The lowest BCUT2D eigenvalue weighted by atomic mass is 10.2. The summed E-state index contributed by atoms with van der Waals surface area (Å²) in [5.41, 5.74) is 1.49. The van der Waals surface area contributed by atoms with Crippen molar-refractivity contribution in [3.63, 3.8) is 0 Å². The number of carbonyl (C=O) groups excluding carboxylic acids is 2. The average Bonchev–Trinajstić information content (AvgIpc) is 3.19. The molecular weight excluding hydrogens is 437 g/mol. The molecule has 1 N–H and O–H groups in total. The molecule has 0 saturated heterocycles. The smallest absolute Gasteiger partial charge is 0.316 e. The van der Waals surface area contributed by atoms with Crippen LogP contribution in [0.15, 0.2) is 58.2 Å². The van der Waals surface area contributed by atoms with E-state index in [1.807, 2.05) is 6.07 Å². The third kappa shape index (κ3) is 6.49. The second kappa shape index (κ2) is 10.3. The molecule has 3 aromatic rings. The Labute approximate surface area is 180 Å². The van der Waals surface area contributed by atoms with Gasteiger partial charge in [0.25, 0.3) is 11.1 Å². The minimum Gasteiger partial charge on any atom is -0.455 e. The first kappa shape index (κ1) is 21.2. The number of aromatic nitrogens is 2. The summed E-state index contributed by atoms with van der Waals surface area (Å²) >= 11 is 12.9. The number of nitrogens with zero attached hydrogens (tertiary/aromatic N) is 2. The highest BCUT2D eigenvalue weighted by atomic mass is 35.5. The van der Waals surface area contributed by atoms with Gasteiger partial charge < -0.3 is 14.5 Å². The van der Waals surface area contributed by atoms with E-state index in [1.165, 1.54) is 0 Å². The van der Waals surface area contributed by atoms with Crippen molar-refractivity contribution < 1.29 is 18.7 Å². The molecular formula is C19H15Cl2N3O4S. The minimum absolute atomic E-state index is 0.0694. The number of thioether (sulfide) groups is 1. The van der Waals surface area contributed by atoms with Crippen LogP contribution in [0, 0.1) is 0 Å². The molecule has 1 aromatic heterocycles. The number of benzene rings is 2. The Hall–Kier alpha value is -2.55. The first-order valence-corrected chi connectivity index (χ1v) is 10.1. The van der Waals surface area contributed by atoms with Crippen LogP contribution in [-0.4, -0.2) is 34.4 Å². The van der Waals surface area contributed by atoms with Gasteiger partial charge >= 0.3 is 5.97 Å². The summed E-state index contributed by atoms with van der Waals surface area (Å²) < 4.78 is 10.4. The van der Waals surface area contributed by atoms with E-state index in [2.05, 4.69) is 15.5 Å². The Morgan fingerprint density at radius 2 is 1.83 bits per heavy atom. The van der Waals surface area contributed by atoms with E-state index in [0.717, 1.165) is 17.3 Å². The summed E-state index contributed by atoms with van der Waals surface area (Å²) in [5.74, 6) is -0.753. The fraction of sp³-hybridized carbons (Fsp3) is 0.158. The first-order chi connectivity index (χ1) is 14.0. The number of hydrogen-bond acceptors (Lipinski definition) is 7. The Bertz CT molecular complexity index is 995. The van der Waals surface area contributed by atoms with Crippen LogP contribution < -0.4 is 5.32 Å². The van der Waals surface area contributed by atoms with Gasteiger partial charge in [-0.05, 0) is 35.9 Å². The normalized spacial score (nSPS) is 10.6. The molecule has 1 heterocycles. The summed E-state index contributed by atoms with van der Waals surface area (Å²) in [4.78, 5) is 23.6. The molecule has 1 amide bonds. The third-order valence-corrected chi connectivity index (χ3v) is 5.02. The van der Waals surface area contributed by atoms with Gasteiger partial charge in [0.05, 0.1) is 0 Å². The fourth-order valence-corrected chi connectivity index (χ4v) is 3.06. The van der Waals surface area contributed by atoms with Crippen LogP contribution in [0.1, 0.15) is 5.56 Å². The lowest BCUT2D eigenvalue weighted by Crippen LogP contribution is -2.28. The molecule has 0 unspecified atom stereocenters. The predicted octanol–water partition coefficient (Wildman–Crippen LogP) is 4.00. The highest BCUT2D eigenvalue weighted by molar-refractivity contribution is 7.99. The van der Waals surface area contributed by atoms with Crippen molar-refractivity contribution in [3.8, 4) is 11.5 Å². The molecule has 0 aliphatic carbocycles. The molecule has 3 rings (SSSR count). The molecule has 0 atom stereocenters. The molecule has 0 bridgehead atoms. The van der Waals surface area contributed by atoms with Gasteiger partial charge in [0, 0.05) is 22.2 Å². The number of nitrogens with one attached hydrogen (secondary N) is 1. The van der Waals surface area contributed by atoms with E-state index in [9.17, 15) is 9.59 Å².